The lowest BCUT2D eigenvalue weighted by atomic mass is 9.91. The van der Waals surface area contributed by atoms with Gasteiger partial charge in [-0.2, -0.15) is 18.3 Å². The van der Waals surface area contributed by atoms with Gasteiger partial charge in [0.2, 0.25) is 0 Å². The standard InChI is InChI=1S/C25H31F3N4O3/c1-15(2)12-24(6,31-22(33)35-23(3,4)5)14-34-20-8-7-16(11-19(20)25(26,27)28)17-9-10-29-21-18(17)13-30-32-21/h7-11,13,15H,12,14H2,1-6H3,(H,31,33)(H,29,30,32)/t24-/m1/s1. The molecule has 3 rings (SSSR count). The Morgan fingerprint density at radius 3 is 2.49 bits per heavy atom. The smallest absolute Gasteiger partial charge is 0.419 e. The molecule has 2 heterocycles. The second kappa shape index (κ2) is 9.75. The van der Waals surface area contributed by atoms with E-state index >= 15 is 0 Å². The van der Waals surface area contributed by atoms with Gasteiger partial charge in [0.1, 0.15) is 18.0 Å². The fourth-order valence-electron chi connectivity index (χ4n) is 3.98. The minimum Gasteiger partial charge on any atom is -0.491 e. The molecule has 0 saturated heterocycles. The normalized spacial score (nSPS) is 14.1. The van der Waals surface area contributed by atoms with Gasteiger partial charge in [-0.25, -0.2) is 9.78 Å². The number of nitrogens with zero attached hydrogens (tertiary/aromatic N) is 2. The first-order valence-electron chi connectivity index (χ1n) is 11.3. The maximum atomic E-state index is 14.0. The zero-order valence-electron chi connectivity index (χ0n) is 20.7. The van der Waals surface area contributed by atoms with E-state index in [9.17, 15) is 18.0 Å². The summed E-state index contributed by atoms with van der Waals surface area (Å²) in [5, 5.41) is 10.0. The molecule has 0 aliphatic rings. The molecule has 1 aromatic carbocycles. The van der Waals surface area contributed by atoms with Crippen molar-refractivity contribution in [1.29, 1.82) is 0 Å². The highest BCUT2D eigenvalue weighted by atomic mass is 19.4. The maximum absolute atomic E-state index is 14.0. The molecule has 0 unspecified atom stereocenters. The number of aromatic amines is 1. The maximum Gasteiger partial charge on any atom is 0.419 e. The van der Waals surface area contributed by atoms with E-state index in [2.05, 4.69) is 20.5 Å². The molecule has 3 aromatic rings. The molecule has 10 heteroatoms. The Kier molecular flexibility index (Phi) is 7.33. The summed E-state index contributed by atoms with van der Waals surface area (Å²) in [5.74, 6) is -0.174. The number of amides is 1. The van der Waals surface area contributed by atoms with Crippen molar-refractivity contribution in [2.75, 3.05) is 6.61 Å². The van der Waals surface area contributed by atoms with E-state index in [-0.39, 0.29) is 18.3 Å². The minimum atomic E-state index is -4.65. The van der Waals surface area contributed by atoms with Crippen molar-refractivity contribution in [3.63, 3.8) is 0 Å². The second-order valence-corrected chi connectivity index (χ2v) is 10.3. The molecule has 35 heavy (non-hydrogen) atoms. The van der Waals surface area contributed by atoms with Gasteiger partial charge in [-0.15, -0.1) is 0 Å². The molecule has 2 N–H and O–H groups in total. The summed E-state index contributed by atoms with van der Waals surface area (Å²) in [6.45, 7) is 10.7. The van der Waals surface area contributed by atoms with Crippen molar-refractivity contribution in [2.24, 2.45) is 5.92 Å². The SMILES string of the molecule is CC(C)C[C@](C)(COc1ccc(-c2ccnc3[nH]ncc23)cc1C(F)(F)F)NC(=O)OC(C)(C)C. The Balaban J connectivity index is 1.90. The van der Waals surface area contributed by atoms with Crippen LogP contribution in [0.3, 0.4) is 0 Å². The van der Waals surface area contributed by atoms with Gasteiger partial charge in [0.05, 0.1) is 17.3 Å². The molecule has 0 spiro atoms. The highest BCUT2D eigenvalue weighted by Crippen LogP contribution is 2.40. The van der Waals surface area contributed by atoms with Crippen LogP contribution in [0.2, 0.25) is 0 Å². The molecule has 1 amide bonds. The van der Waals surface area contributed by atoms with Crippen LogP contribution in [0.15, 0.2) is 36.7 Å². The lowest BCUT2D eigenvalue weighted by molar-refractivity contribution is -0.139. The number of benzene rings is 1. The van der Waals surface area contributed by atoms with E-state index in [0.717, 1.165) is 6.07 Å². The number of pyridine rings is 1. The molecule has 190 valence electrons. The van der Waals surface area contributed by atoms with Gasteiger partial charge in [0, 0.05) is 11.6 Å². The molecule has 0 fully saturated rings. The Bertz CT molecular complexity index is 1180. The number of alkyl halides is 3. The topological polar surface area (TPSA) is 89.1 Å². The van der Waals surface area contributed by atoms with Crippen molar-refractivity contribution in [3.8, 4) is 16.9 Å². The van der Waals surface area contributed by atoms with Gasteiger partial charge in [-0.3, -0.25) is 5.10 Å². The Morgan fingerprint density at radius 1 is 1.14 bits per heavy atom. The molecule has 0 aliphatic heterocycles. The number of hydrogen-bond acceptors (Lipinski definition) is 5. The zero-order chi connectivity index (χ0) is 26.0. The number of H-pyrrole nitrogens is 1. The summed E-state index contributed by atoms with van der Waals surface area (Å²) in [7, 11) is 0. The van der Waals surface area contributed by atoms with Crippen LogP contribution in [0, 0.1) is 5.92 Å². The fourth-order valence-corrected chi connectivity index (χ4v) is 3.98. The summed E-state index contributed by atoms with van der Waals surface area (Å²) in [6, 6.07) is 5.55. The summed E-state index contributed by atoms with van der Waals surface area (Å²) in [6.07, 6.45) is -1.80. The third-order valence-corrected chi connectivity index (χ3v) is 5.16. The second-order valence-electron chi connectivity index (χ2n) is 10.3. The Hall–Kier alpha value is -3.30. The molecule has 2 aromatic heterocycles. The van der Waals surface area contributed by atoms with E-state index in [1.54, 1.807) is 39.8 Å². The largest absolute Gasteiger partial charge is 0.491 e. The van der Waals surface area contributed by atoms with Gasteiger partial charge in [-0.1, -0.05) is 19.9 Å². The van der Waals surface area contributed by atoms with E-state index in [1.165, 1.54) is 18.5 Å². The number of halogens is 3. The number of alkyl carbamates (subject to hydrolysis) is 1. The molecule has 0 saturated carbocycles. The van der Waals surface area contributed by atoms with Gasteiger partial charge in [-0.05, 0) is 69.4 Å². The number of carbonyl (C=O) groups excluding carboxylic acids is 1. The van der Waals surface area contributed by atoms with Crippen LogP contribution in [0.5, 0.6) is 5.75 Å². The van der Waals surface area contributed by atoms with Crippen LogP contribution >= 0.6 is 0 Å². The zero-order valence-corrected chi connectivity index (χ0v) is 20.7. The Labute approximate surface area is 202 Å². The molecular weight excluding hydrogens is 461 g/mol. The summed E-state index contributed by atoms with van der Waals surface area (Å²) in [4.78, 5) is 16.5. The summed E-state index contributed by atoms with van der Waals surface area (Å²) >= 11 is 0. The minimum absolute atomic E-state index is 0.145. The molecule has 0 bridgehead atoms. The van der Waals surface area contributed by atoms with Crippen molar-refractivity contribution in [2.45, 2.75) is 65.3 Å². The number of rotatable bonds is 7. The van der Waals surface area contributed by atoms with E-state index in [0.29, 0.717) is 28.6 Å². The first kappa shape index (κ1) is 26.3. The van der Waals surface area contributed by atoms with Crippen molar-refractivity contribution in [3.05, 3.63) is 42.2 Å². The molecular formula is C25H31F3N4O3. The van der Waals surface area contributed by atoms with Crippen molar-refractivity contribution in [1.82, 2.24) is 20.5 Å². The van der Waals surface area contributed by atoms with Crippen LogP contribution in [0.4, 0.5) is 18.0 Å². The first-order valence-corrected chi connectivity index (χ1v) is 11.3. The van der Waals surface area contributed by atoms with E-state index in [4.69, 9.17) is 9.47 Å². The number of carbonyl (C=O) groups is 1. The highest BCUT2D eigenvalue weighted by molar-refractivity contribution is 5.92. The predicted molar refractivity (Wildman–Crippen MR) is 127 cm³/mol. The third kappa shape index (κ3) is 6.86. The van der Waals surface area contributed by atoms with E-state index in [1.807, 2.05) is 13.8 Å². The number of aromatic nitrogens is 3. The van der Waals surface area contributed by atoms with Gasteiger partial charge in [0.15, 0.2) is 5.65 Å². The molecule has 0 radical (unpaired) electrons. The van der Waals surface area contributed by atoms with Crippen LogP contribution in [0.1, 0.15) is 53.5 Å². The fraction of sp³-hybridized carbons (Fsp3) is 0.480. The summed E-state index contributed by atoms with van der Waals surface area (Å²) in [5.41, 5.74) is -1.17. The number of ether oxygens (including phenoxy) is 2. The lowest BCUT2D eigenvalue weighted by Crippen LogP contribution is -2.52. The van der Waals surface area contributed by atoms with Crippen molar-refractivity contribution < 1.29 is 27.4 Å². The van der Waals surface area contributed by atoms with E-state index < -0.39 is 29.0 Å². The summed E-state index contributed by atoms with van der Waals surface area (Å²) < 4.78 is 53.1. The quantitative estimate of drug-likeness (QED) is 0.401. The van der Waals surface area contributed by atoms with Crippen molar-refractivity contribution >= 4 is 17.1 Å². The number of nitrogens with one attached hydrogen (secondary N) is 2. The Morgan fingerprint density at radius 2 is 1.86 bits per heavy atom. The monoisotopic (exact) mass is 492 g/mol. The predicted octanol–water partition coefficient (Wildman–Crippen LogP) is 6.35. The highest BCUT2D eigenvalue weighted by Gasteiger charge is 2.37. The molecule has 0 aliphatic carbocycles. The number of hydrogen-bond donors (Lipinski definition) is 2. The van der Waals surface area contributed by atoms with Crippen LogP contribution in [-0.2, 0) is 10.9 Å². The molecule has 7 nitrogen and oxygen atoms in total. The lowest BCUT2D eigenvalue weighted by Gasteiger charge is -2.33. The molecule has 1 atom stereocenters. The third-order valence-electron chi connectivity index (χ3n) is 5.16. The average Bonchev–Trinajstić information content (AvgIpc) is 3.18. The van der Waals surface area contributed by atoms with Gasteiger partial charge in [0.25, 0.3) is 0 Å². The van der Waals surface area contributed by atoms with Crippen LogP contribution in [-0.4, -0.2) is 39.0 Å². The van der Waals surface area contributed by atoms with Gasteiger partial charge < -0.3 is 14.8 Å². The first-order chi connectivity index (χ1) is 16.2. The van der Waals surface area contributed by atoms with Crippen LogP contribution in [0.25, 0.3) is 22.2 Å². The average molecular weight is 493 g/mol. The number of fused-ring (bicyclic) bond motifs is 1. The van der Waals surface area contributed by atoms with Gasteiger partial charge >= 0.3 is 12.3 Å². The van der Waals surface area contributed by atoms with Crippen LogP contribution < -0.4 is 10.1 Å².